The first-order chi connectivity index (χ1) is 8.61. The summed E-state index contributed by atoms with van der Waals surface area (Å²) in [5.74, 6) is 0.0198. The van der Waals surface area contributed by atoms with Crippen LogP contribution in [0.3, 0.4) is 0 Å². The lowest BCUT2D eigenvalue weighted by Gasteiger charge is -2.25. The number of halogens is 1. The largest absolute Gasteiger partial charge is 0.383 e. The summed E-state index contributed by atoms with van der Waals surface area (Å²) in [6, 6.07) is 1.82. The molecule has 1 amide bonds. The molecule has 1 aromatic rings. The van der Waals surface area contributed by atoms with E-state index in [0.717, 1.165) is 19.4 Å². The molecule has 0 bridgehead atoms. The Kier molecular flexibility index (Phi) is 3.98. The van der Waals surface area contributed by atoms with Crippen LogP contribution in [0.4, 0.5) is 5.82 Å². The topological polar surface area (TPSA) is 81.3 Å². The number of aromatic nitrogens is 2. The molecule has 2 N–H and O–H groups in total. The van der Waals surface area contributed by atoms with E-state index in [1.165, 1.54) is 0 Å². The summed E-state index contributed by atoms with van der Waals surface area (Å²) < 4.78 is 5.18. The van der Waals surface area contributed by atoms with Crippen LogP contribution in [0.5, 0.6) is 0 Å². The Hall–Kier alpha value is -1.40. The van der Waals surface area contributed by atoms with Gasteiger partial charge in [0.05, 0.1) is 12.6 Å². The number of hydrogen-bond acceptors (Lipinski definition) is 5. The minimum absolute atomic E-state index is 0.0318. The Morgan fingerprint density at radius 3 is 3.11 bits per heavy atom. The van der Waals surface area contributed by atoms with E-state index in [0.29, 0.717) is 12.4 Å². The number of nitrogens with zero attached hydrogens (tertiary/aromatic N) is 3. The van der Waals surface area contributed by atoms with Crippen molar-refractivity contribution in [3.8, 4) is 0 Å². The molecule has 1 aliphatic rings. The van der Waals surface area contributed by atoms with Crippen molar-refractivity contribution in [2.75, 3.05) is 25.2 Å². The molecule has 0 aliphatic carbocycles. The number of primary amides is 1. The number of carbonyl (C=O) groups is 1. The lowest BCUT2D eigenvalue weighted by molar-refractivity contribution is 0.0995. The first-order valence-electron chi connectivity index (χ1n) is 5.72. The number of ether oxygens (including phenoxy) is 1. The first-order valence-corrected chi connectivity index (χ1v) is 6.09. The Morgan fingerprint density at radius 2 is 2.44 bits per heavy atom. The second kappa shape index (κ2) is 5.49. The third-order valence-electron chi connectivity index (χ3n) is 2.97. The van der Waals surface area contributed by atoms with E-state index >= 15 is 0 Å². The summed E-state index contributed by atoms with van der Waals surface area (Å²) in [5, 5.41) is 0.0318. The molecule has 1 aliphatic heterocycles. The average Bonchev–Trinajstić information content (AvgIpc) is 2.77. The maximum Gasteiger partial charge on any atom is 0.267 e. The second-order valence-electron chi connectivity index (χ2n) is 4.19. The highest BCUT2D eigenvalue weighted by Crippen LogP contribution is 2.25. The van der Waals surface area contributed by atoms with E-state index in [1.54, 1.807) is 13.2 Å². The van der Waals surface area contributed by atoms with E-state index in [-0.39, 0.29) is 17.0 Å². The van der Waals surface area contributed by atoms with E-state index < -0.39 is 5.91 Å². The number of nitrogens with two attached hydrogens (primary N) is 1. The molecule has 7 heteroatoms. The third kappa shape index (κ3) is 2.70. The van der Waals surface area contributed by atoms with Gasteiger partial charge in [-0.3, -0.25) is 4.79 Å². The second-order valence-corrected chi connectivity index (χ2v) is 4.53. The summed E-state index contributed by atoms with van der Waals surface area (Å²) in [6.07, 6.45) is 2.09. The number of rotatable bonds is 4. The highest BCUT2D eigenvalue weighted by molar-refractivity contribution is 6.28. The zero-order chi connectivity index (χ0) is 13.1. The van der Waals surface area contributed by atoms with E-state index in [4.69, 9.17) is 22.1 Å². The van der Waals surface area contributed by atoms with Gasteiger partial charge < -0.3 is 15.4 Å². The van der Waals surface area contributed by atoms with Crippen molar-refractivity contribution in [2.24, 2.45) is 5.73 Å². The van der Waals surface area contributed by atoms with Gasteiger partial charge >= 0.3 is 0 Å². The zero-order valence-corrected chi connectivity index (χ0v) is 10.9. The first kappa shape index (κ1) is 13.0. The van der Waals surface area contributed by atoms with Crippen molar-refractivity contribution in [1.29, 1.82) is 0 Å². The van der Waals surface area contributed by atoms with E-state index in [9.17, 15) is 4.79 Å². The number of methoxy groups -OCH3 is 1. The quantitative estimate of drug-likeness (QED) is 0.820. The Labute approximate surface area is 110 Å². The highest BCUT2D eigenvalue weighted by atomic mass is 35.5. The van der Waals surface area contributed by atoms with Crippen molar-refractivity contribution >= 4 is 23.3 Å². The summed E-state index contributed by atoms with van der Waals surface area (Å²) >= 11 is 5.81. The predicted octanol–water partition coefficient (Wildman–Crippen LogP) is 0.844. The maximum atomic E-state index is 11.2. The minimum Gasteiger partial charge on any atom is -0.383 e. The number of hydrogen-bond donors (Lipinski definition) is 1. The smallest absolute Gasteiger partial charge is 0.267 e. The van der Waals surface area contributed by atoms with Crippen LogP contribution in [-0.2, 0) is 4.74 Å². The fraction of sp³-hybridized carbons (Fsp3) is 0.545. The van der Waals surface area contributed by atoms with Gasteiger partial charge in [0.1, 0.15) is 11.5 Å². The Balaban J connectivity index is 2.29. The van der Waals surface area contributed by atoms with Crippen LogP contribution in [0.2, 0.25) is 5.28 Å². The molecule has 2 heterocycles. The molecule has 1 aromatic heterocycles. The van der Waals surface area contributed by atoms with Crippen molar-refractivity contribution in [3.05, 3.63) is 17.0 Å². The molecule has 1 atom stereocenters. The summed E-state index contributed by atoms with van der Waals surface area (Å²) in [5.41, 5.74) is 5.34. The molecule has 0 aromatic carbocycles. The van der Waals surface area contributed by atoms with E-state index in [1.807, 2.05) is 0 Å². The predicted molar refractivity (Wildman–Crippen MR) is 67.8 cm³/mol. The fourth-order valence-corrected chi connectivity index (χ4v) is 2.36. The van der Waals surface area contributed by atoms with Gasteiger partial charge in [0.25, 0.3) is 5.91 Å². The number of anilines is 1. The molecule has 6 nitrogen and oxygen atoms in total. The fourth-order valence-electron chi connectivity index (χ4n) is 2.18. The van der Waals surface area contributed by atoms with Crippen LogP contribution in [0.1, 0.15) is 23.3 Å². The van der Waals surface area contributed by atoms with Crippen molar-refractivity contribution in [1.82, 2.24) is 9.97 Å². The van der Waals surface area contributed by atoms with Crippen LogP contribution in [-0.4, -0.2) is 42.2 Å². The molecule has 18 heavy (non-hydrogen) atoms. The molecule has 1 saturated heterocycles. The van der Waals surface area contributed by atoms with Gasteiger partial charge in [-0.25, -0.2) is 9.97 Å². The zero-order valence-electron chi connectivity index (χ0n) is 10.1. The minimum atomic E-state index is -0.608. The van der Waals surface area contributed by atoms with Gasteiger partial charge in [-0.2, -0.15) is 0 Å². The normalized spacial score (nSPS) is 19.2. The molecular weight excluding hydrogens is 256 g/mol. The molecule has 2 rings (SSSR count). The number of amides is 1. The molecule has 0 spiro atoms. The van der Waals surface area contributed by atoms with Crippen LogP contribution < -0.4 is 10.6 Å². The van der Waals surface area contributed by atoms with Gasteiger partial charge in [-0.05, 0) is 24.4 Å². The maximum absolute atomic E-state index is 11.2. The highest BCUT2D eigenvalue weighted by Gasteiger charge is 2.26. The summed E-state index contributed by atoms with van der Waals surface area (Å²) in [4.78, 5) is 21.2. The summed E-state index contributed by atoms with van der Waals surface area (Å²) in [6.45, 7) is 1.48. The van der Waals surface area contributed by atoms with Crippen LogP contribution in [0, 0.1) is 0 Å². The molecule has 1 fully saturated rings. The van der Waals surface area contributed by atoms with E-state index in [2.05, 4.69) is 14.9 Å². The monoisotopic (exact) mass is 270 g/mol. The van der Waals surface area contributed by atoms with Gasteiger partial charge in [0.15, 0.2) is 0 Å². The Bertz CT molecular complexity index is 455. The van der Waals surface area contributed by atoms with Gasteiger partial charge in [-0.1, -0.05) is 0 Å². The average molecular weight is 271 g/mol. The Morgan fingerprint density at radius 1 is 1.67 bits per heavy atom. The molecular formula is C11H15ClN4O2. The molecule has 1 unspecified atom stereocenters. The lowest BCUT2D eigenvalue weighted by Crippen LogP contribution is -2.33. The number of carbonyl (C=O) groups excluding carboxylic acids is 1. The molecule has 0 saturated carbocycles. The molecule has 0 radical (unpaired) electrons. The summed E-state index contributed by atoms with van der Waals surface area (Å²) in [7, 11) is 1.66. The van der Waals surface area contributed by atoms with Crippen LogP contribution >= 0.6 is 11.6 Å². The van der Waals surface area contributed by atoms with Crippen molar-refractivity contribution < 1.29 is 9.53 Å². The molecule has 98 valence electrons. The SMILES string of the molecule is COCC1CCCN1c1cc(C(N)=O)nc(Cl)n1. The van der Waals surface area contributed by atoms with Crippen LogP contribution in [0.25, 0.3) is 0 Å². The standard InChI is InChI=1S/C11H15ClN4O2/c1-18-6-7-3-2-4-16(7)9-5-8(10(13)17)14-11(12)15-9/h5,7H,2-4,6H2,1H3,(H2,13,17). The third-order valence-corrected chi connectivity index (χ3v) is 3.14. The van der Waals surface area contributed by atoms with Crippen molar-refractivity contribution in [3.63, 3.8) is 0 Å². The van der Waals surface area contributed by atoms with Crippen LogP contribution in [0.15, 0.2) is 6.07 Å². The van der Waals surface area contributed by atoms with Gasteiger partial charge in [-0.15, -0.1) is 0 Å². The van der Waals surface area contributed by atoms with Crippen molar-refractivity contribution in [2.45, 2.75) is 18.9 Å². The lowest BCUT2D eigenvalue weighted by atomic mass is 10.2. The van der Waals surface area contributed by atoms with Gasteiger partial charge in [0, 0.05) is 19.7 Å². The van der Waals surface area contributed by atoms with Gasteiger partial charge in [0.2, 0.25) is 5.28 Å².